The maximum Gasteiger partial charge on any atom is 0.456 e. The summed E-state index contributed by atoms with van der Waals surface area (Å²) in [5, 5.41) is 18.3. The minimum absolute atomic E-state index is 0.0482. The second-order valence-corrected chi connectivity index (χ2v) is 5.57. The molecule has 1 unspecified atom stereocenters. The molecule has 2 N–H and O–H groups in total. The lowest BCUT2D eigenvalue weighted by atomic mass is 9.72. The zero-order valence-corrected chi connectivity index (χ0v) is 11.3. The van der Waals surface area contributed by atoms with Gasteiger partial charge in [-0.1, -0.05) is 18.2 Å². The van der Waals surface area contributed by atoms with Crippen molar-refractivity contribution in [3.63, 3.8) is 0 Å². The van der Waals surface area contributed by atoms with E-state index in [2.05, 4.69) is 0 Å². The molecule has 106 valence electrons. The Balaban J connectivity index is 1.62. The van der Waals surface area contributed by atoms with E-state index in [0.717, 1.165) is 5.56 Å². The maximum absolute atomic E-state index is 12.2. The van der Waals surface area contributed by atoms with E-state index in [9.17, 15) is 4.79 Å². The third-order valence-electron chi connectivity index (χ3n) is 4.14. The maximum atomic E-state index is 12.2. The molecule has 0 bridgehead atoms. The molecule has 2 aliphatic heterocycles. The van der Waals surface area contributed by atoms with Crippen molar-refractivity contribution < 1.29 is 19.6 Å². The lowest BCUT2D eigenvalue weighted by Crippen LogP contribution is -2.31. The Bertz CT molecular complexity index is 520. The molecule has 6 heteroatoms. The van der Waals surface area contributed by atoms with Crippen LogP contribution in [0.3, 0.4) is 0 Å². The predicted octanol–water partition coefficient (Wildman–Crippen LogP) is 0.335. The van der Waals surface area contributed by atoms with Gasteiger partial charge in [-0.05, 0) is 23.1 Å². The number of carbonyl (C=O) groups is 1. The number of benzene rings is 1. The van der Waals surface area contributed by atoms with E-state index < -0.39 is 7.12 Å². The summed E-state index contributed by atoms with van der Waals surface area (Å²) < 4.78 is 5.36. The number of likely N-dealkylation sites (tertiary alicyclic amines) is 1. The largest absolute Gasteiger partial charge is 0.456 e. The molecule has 2 heterocycles. The first-order chi connectivity index (χ1) is 9.63. The van der Waals surface area contributed by atoms with Crippen molar-refractivity contribution in [2.24, 2.45) is 0 Å². The molecule has 1 aromatic carbocycles. The molecule has 1 amide bonds. The van der Waals surface area contributed by atoms with Gasteiger partial charge in [-0.2, -0.15) is 0 Å². The second kappa shape index (κ2) is 5.56. The normalized spacial score (nSPS) is 21.1. The van der Waals surface area contributed by atoms with Crippen LogP contribution in [0, 0.1) is 0 Å². The zero-order valence-electron chi connectivity index (χ0n) is 11.3. The van der Waals surface area contributed by atoms with Gasteiger partial charge in [0.1, 0.15) is 0 Å². The van der Waals surface area contributed by atoms with E-state index >= 15 is 0 Å². The van der Waals surface area contributed by atoms with Gasteiger partial charge in [-0.25, -0.2) is 0 Å². The molecular weight excluding hydrogens is 257 g/mol. The standard InChI is InChI=1S/C14H18BNO4/c17-14(16-4-3-13(7-16)15(18)19)6-10-1-2-11-8-20-9-12(11)5-10/h1-2,5,13,18-19H,3-4,6-9H2. The van der Waals surface area contributed by atoms with E-state index in [1.807, 2.05) is 18.2 Å². The molecule has 0 saturated carbocycles. The van der Waals surface area contributed by atoms with E-state index in [1.54, 1.807) is 4.90 Å². The summed E-state index contributed by atoms with van der Waals surface area (Å²) in [7, 11) is -1.33. The van der Waals surface area contributed by atoms with E-state index in [1.165, 1.54) is 11.1 Å². The number of hydrogen-bond acceptors (Lipinski definition) is 4. The van der Waals surface area contributed by atoms with Crippen LogP contribution < -0.4 is 0 Å². The van der Waals surface area contributed by atoms with E-state index in [0.29, 0.717) is 39.1 Å². The molecule has 0 aliphatic carbocycles. The summed E-state index contributed by atoms with van der Waals surface area (Å²) in [4.78, 5) is 13.9. The Hall–Kier alpha value is -1.37. The number of carbonyl (C=O) groups excluding carboxylic acids is 1. The van der Waals surface area contributed by atoms with Crippen LogP contribution in [0.25, 0.3) is 0 Å². The van der Waals surface area contributed by atoms with Crippen LogP contribution in [0.1, 0.15) is 23.1 Å². The van der Waals surface area contributed by atoms with E-state index in [-0.39, 0.29) is 11.7 Å². The van der Waals surface area contributed by atoms with Gasteiger partial charge in [-0.3, -0.25) is 4.79 Å². The summed E-state index contributed by atoms with van der Waals surface area (Å²) >= 11 is 0. The third-order valence-corrected chi connectivity index (χ3v) is 4.14. The molecule has 0 spiro atoms. The summed E-state index contributed by atoms with van der Waals surface area (Å²) in [6.45, 7) is 2.32. The van der Waals surface area contributed by atoms with Gasteiger partial charge in [0.2, 0.25) is 5.91 Å². The number of ether oxygens (including phenoxy) is 1. The molecular formula is C14H18BNO4. The van der Waals surface area contributed by atoms with Gasteiger partial charge in [0.15, 0.2) is 0 Å². The molecule has 1 aromatic rings. The number of nitrogens with zero attached hydrogens (tertiary/aromatic N) is 1. The Morgan fingerprint density at radius 3 is 2.90 bits per heavy atom. The smallest absolute Gasteiger partial charge is 0.427 e. The monoisotopic (exact) mass is 275 g/mol. The highest BCUT2D eigenvalue weighted by Crippen LogP contribution is 2.25. The highest BCUT2D eigenvalue weighted by molar-refractivity contribution is 6.43. The van der Waals surface area contributed by atoms with Crippen molar-refractivity contribution in [1.82, 2.24) is 4.90 Å². The summed E-state index contributed by atoms with van der Waals surface area (Å²) in [5.74, 6) is -0.167. The van der Waals surface area contributed by atoms with Crippen LogP contribution in [0.2, 0.25) is 5.82 Å². The summed E-state index contributed by atoms with van der Waals surface area (Å²) in [6, 6.07) is 6.03. The van der Waals surface area contributed by atoms with Gasteiger partial charge in [0.05, 0.1) is 19.6 Å². The van der Waals surface area contributed by atoms with Gasteiger partial charge >= 0.3 is 7.12 Å². The Kier molecular flexibility index (Phi) is 3.78. The van der Waals surface area contributed by atoms with Crippen LogP contribution in [-0.2, 0) is 29.2 Å². The molecule has 2 aliphatic rings. The van der Waals surface area contributed by atoms with Gasteiger partial charge < -0.3 is 19.7 Å². The first-order valence-corrected chi connectivity index (χ1v) is 6.96. The fourth-order valence-corrected chi connectivity index (χ4v) is 2.88. The minimum atomic E-state index is -1.33. The van der Waals surface area contributed by atoms with Crippen molar-refractivity contribution in [3.8, 4) is 0 Å². The molecule has 5 nitrogen and oxygen atoms in total. The topological polar surface area (TPSA) is 70.0 Å². The van der Waals surface area contributed by atoms with Crippen LogP contribution in [0.15, 0.2) is 18.2 Å². The fraction of sp³-hybridized carbons (Fsp3) is 0.500. The van der Waals surface area contributed by atoms with Crippen molar-refractivity contribution in [1.29, 1.82) is 0 Å². The first kappa shape index (κ1) is 13.6. The van der Waals surface area contributed by atoms with Crippen LogP contribution >= 0.6 is 0 Å². The molecule has 0 radical (unpaired) electrons. The van der Waals surface area contributed by atoms with Crippen molar-refractivity contribution in [2.45, 2.75) is 31.9 Å². The summed E-state index contributed by atoms with van der Waals surface area (Å²) in [5.41, 5.74) is 3.36. The summed E-state index contributed by atoms with van der Waals surface area (Å²) in [6.07, 6.45) is 1.02. The average Bonchev–Trinajstić information content (AvgIpc) is 3.07. The third kappa shape index (κ3) is 2.72. The molecule has 1 saturated heterocycles. The Morgan fingerprint density at radius 2 is 2.15 bits per heavy atom. The average molecular weight is 275 g/mol. The molecule has 20 heavy (non-hydrogen) atoms. The number of rotatable bonds is 3. The number of hydrogen-bond donors (Lipinski definition) is 2. The number of amides is 1. The van der Waals surface area contributed by atoms with Gasteiger partial charge in [-0.15, -0.1) is 0 Å². The number of fused-ring (bicyclic) bond motifs is 1. The lowest BCUT2D eigenvalue weighted by molar-refractivity contribution is -0.129. The molecule has 0 aromatic heterocycles. The van der Waals surface area contributed by atoms with Crippen molar-refractivity contribution in [2.75, 3.05) is 13.1 Å². The van der Waals surface area contributed by atoms with Gasteiger partial charge in [0, 0.05) is 18.9 Å². The highest BCUT2D eigenvalue weighted by atomic mass is 16.5. The van der Waals surface area contributed by atoms with E-state index in [4.69, 9.17) is 14.8 Å². The first-order valence-electron chi connectivity index (χ1n) is 6.96. The molecule has 3 rings (SSSR count). The SMILES string of the molecule is O=C(Cc1ccc2c(c1)COC2)N1CCC(B(O)O)C1. The fourth-order valence-electron chi connectivity index (χ4n) is 2.88. The quantitative estimate of drug-likeness (QED) is 0.780. The lowest BCUT2D eigenvalue weighted by Gasteiger charge is -2.16. The highest BCUT2D eigenvalue weighted by Gasteiger charge is 2.33. The van der Waals surface area contributed by atoms with Gasteiger partial charge in [0.25, 0.3) is 0 Å². The minimum Gasteiger partial charge on any atom is -0.427 e. The molecule has 1 atom stereocenters. The van der Waals surface area contributed by atoms with Crippen molar-refractivity contribution in [3.05, 3.63) is 34.9 Å². The Labute approximate surface area is 118 Å². The second-order valence-electron chi connectivity index (χ2n) is 5.57. The van der Waals surface area contributed by atoms with Crippen LogP contribution in [0.4, 0.5) is 0 Å². The predicted molar refractivity (Wildman–Crippen MR) is 73.8 cm³/mol. The molecule has 1 fully saturated rings. The zero-order chi connectivity index (χ0) is 14.1. The van der Waals surface area contributed by atoms with Crippen LogP contribution in [0.5, 0.6) is 0 Å². The van der Waals surface area contributed by atoms with Crippen LogP contribution in [-0.4, -0.2) is 41.1 Å². The van der Waals surface area contributed by atoms with Crippen molar-refractivity contribution >= 4 is 13.0 Å². The Morgan fingerprint density at radius 1 is 1.35 bits per heavy atom.